The van der Waals surface area contributed by atoms with Gasteiger partial charge in [0.2, 0.25) is 0 Å². The van der Waals surface area contributed by atoms with Crippen molar-refractivity contribution >= 4 is 5.97 Å². The molecule has 1 aliphatic rings. The van der Waals surface area contributed by atoms with Crippen LogP contribution in [0.15, 0.2) is 0 Å². The number of rotatable bonds is 1. The zero-order valence-electron chi connectivity index (χ0n) is 7.61. The molecule has 0 saturated carbocycles. The molecule has 1 heterocycles. The molecule has 1 fully saturated rings. The van der Waals surface area contributed by atoms with E-state index in [-0.39, 0.29) is 25.2 Å². The van der Waals surface area contributed by atoms with Gasteiger partial charge in [-0.1, -0.05) is 0 Å². The summed E-state index contributed by atoms with van der Waals surface area (Å²) >= 11 is 0. The van der Waals surface area contributed by atoms with E-state index in [4.69, 9.17) is 20.7 Å². The highest BCUT2D eigenvalue weighted by molar-refractivity contribution is 5.69. The molecular formula is C8H17NO4. The van der Waals surface area contributed by atoms with Gasteiger partial charge in [0.1, 0.15) is 0 Å². The first kappa shape index (κ1) is 12.3. The summed E-state index contributed by atoms with van der Waals surface area (Å²) in [6.07, 6.45) is 2.08. The van der Waals surface area contributed by atoms with Gasteiger partial charge in [0.25, 0.3) is 0 Å². The number of carbonyl (C=O) groups excluding carboxylic acids is 1. The number of aliphatic hydroxyl groups excluding tert-OH is 2. The molecule has 5 heteroatoms. The van der Waals surface area contributed by atoms with E-state index in [1.807, 2.05) is 0 Å². The average Bonchev–Trinajstić information content (AvgIpc) is 2.32. The van der Waals surface area contributed by atoms with Crippen LogP contribution in [0.25, 0.3) is 0 Å². The van der Waals surface area contributed by atoms with Gasteiger partial charge in [-0.25, -0.2) is 0 Å². The Morgan fingerprint density at radius 1 is 1.38 bits per heavy atom. The summed E-state index contributed by atoms with van der Waals surface area (Å²) in [7, 11) is 0. The topological polar surface area (TPSA) is 92.8 Å². The molecule has 0 radical (unpaired) electrons. The van der Waals surface area contributed by atoms with Crippen molar-refractivity contribution in [3.63, 3.8) is 0 Å². The van der Waals surface area contributed by atoms with Crippen LogP contribution < -0.4 is 5.73 Å². The molecule has 0 bridgehead atoms. The summed E-state index contributed by atoms with van der Waals surface area (Å²) in [6, 6.07) is 0.163. The first-order valence-electron chi connectivity index (χ1n) is 4.33. The molecule has 0 aromatic heterocycles. The maximum atomic E-state index is 10.6. The van der Waals surface area contributed by atoms with Crippen LogP contribution in [-0.2, 0) is 9.53 Å². The lowest BCUT2D eigenvalue weighted by Crippen LogP contribution is -2.19. The van der Waals surface area contributed by atoms with Crippen molar-refractivity contribution in [2.24, 2.45) is 5.73 Å². The molecule has 0 aromatic carbocycles. The zero-order chi connectivity index (χ0) is 10.1. The number of hydrogen-bond acceptors (Lipinski definition) is 5. The van der Waals surface area contributed by atoms with Gasteiger partial charge in [-0.15, -0.1) is 0 Å². The molecule has 0 spiro atoms. The number of aliphatic hydroxyl groups is 2. The molecule has 1 saturated heterocycles. The zero-order valence-corrected chi connectivity index (χ0v) is 7.61. The van der Waals surface area contributed by atoms with Gasteiger partial charge in [-0.3, -0.25) is 4.79 Å². The Bertz CT molecular complexity index is 138. The Morgan fingerprint density at radius 2 is 2.00 bits per heavy atom. The molecule has 13 heavy (non-hydrogen) atoms. The van der Waals surface area contributed by atoms with E-state index in [0.29, 0.717) is 13.0 Å². The van der Waals surface area contributed by atoms with Crippen LogP contribution in [0.5, 0.6) is 0 Å². The number of ether oxygens (including phenoxy) is 1. The second-order valence-corrected chi connectivity index (χ2v) is 2.76. The molecule has 1 aliphatic heterocycles. The summed E-state index contributed by atoms with van der Waals surface area (Å²) in [5.74, 6) is -0.108. The van der Waals surface area contributed by atoms with Crippen molar-refractivity contribution in [1.82, 2.24) is 0 Å². The molecule has 4 N–H and O–H groups in total. The number of cyclic esters (lactones) is 1. The Labute approximate surface area is 77.5 Å². The van der Waals surface area contributed by atoms with Gasteiger partial charge in [-0.2, -0.15) is 0 Å². The fourth-order valence-electron chi connectivity index (χ4n) is 0.844. The van der Waals surface area contributed by atoms with Crippen molar-refractivity contribution < 1.29 is 19.7 Å². The molecule has 0 aromatic rings. The molecule has 78 valence electrons. The predicted molar refractivity (Wildman–Crippen MR) is 47.0 cm³/mol. The Balaban J connectivity index is 0.000000310. The van der Waals surface area contributed by atoms with Crippen molar-refractivity contribution in [3.8, 4) is 0 Å². The second kappa shape index (κ2) is 7.97. The van der Waals surface area contributed by atoms with Crippen LogP contribution in [0.1, 0.15) is 19.3 Å². The largest absolute Gasteiger partial charge is 0.466 e. The summed E-state index contributed by atoms with van der Waals surface area (Å²) in [4.78, 5) is 10.6. The third-order valence-electron chi connectivity index (χ3n) is 1.57. The van der Waals surface area contributed by atoms with Gasteiger partial charge in [0, 0.05) is 12.5 Å². The molecular weight excluding hydrogens is 174 g/mol. The quantitative estimate of drug-likeness (QED) is 0.463. The fraction of sp³-hybridized carbons (Fsp3) is 0.875. The maximum Gasteiger partial charge on any atom is 0.305 e. The second-order valence-electron chi connectivity index (χ2n) is 2.76. The van der Waals surface area contributed by atoms with E-state index in [0.717, 1.165) is 12.8 Å². The standard InChI is InChI=1S/C6H11NO2.C2H6O2/c7-5-1-2-6(8)9-4-3-5;3-1-2-4/h5H,1-4,7H2;3-4H,1-2H2. The SMILES string of the molecule is NC1CCOC(=O)CC1.OCCO. The van der Waals surface area contributed by atoms with Crippen LogP contribution in [0.3, 0.4) is 0 Å². The predicted octanol–water partition coefficient (Wildman–Crippen LogP) is -0.988. The van der Waals surface area contributed by atoms with Crippen molar-refractivity contribution in [2.45, 2.75) is 25.3 Å². The summed E-state index contributed by atoms with van der Waals surface area (Å²) in [5, 5.41) is 15.2. The highest BCUT2D eigenvalue weighted by atomic mass is 16.5. The molecule has 1 unspecified atom stereocenters. The van der Waals surface area contributed by atoms with Crippen molar-refractivity contribution in [1.29, 1.82) is 0 Å². The van der Waals surface area contributed by atoms with E-state index in [2.05, 4.69) is 0 Å². The fourth-order valence-corrected chi connectivity index (χ4v) is 0.844. The number of nitrogens with two attached hydrogens (primary N) is 1. The van der Waals surface area contributed by atoms with Crippen LogP contribution in [-0.4, -0.2) is 42.0 Å². The van der Waals surface area contributed by atoms with Crippen LogP contribution >= 0.6 is 0 Å². The van der Waals surface area contributed by atoms with E-state index in [1.54, 1.807) is 0 Å². The van der Waals surface area contributed by atoms with E-state index in [9.17, 15) is 4.79 Å². The average molecular weight is 191 g/mol. The molecule has 5 nitrogen and oxygen atoms in total. The Morgan fingerprint density at radius 3 is 2.54 bits per heavy atom. The van der Waals surface area contributed by atoms with Gasteiger partial charge in [0.15, 0.2) is 0 Å². The maximum absolute atomic E-state index is 10.6. The van der Waals surface area contributed by atoms with Gasteiger partial charge >= 0.3 is 5.97 Å². The Hall–Kier alpha value is -0.650. The summed E-state index contributed by atoms with van der Waals surface area (Å²) in [5.41, 5.74) is 5.56. The first-order valence-corrected chi connectivity index (χ1v) is 4.33. The minimum absolute atomic E-state index is 0.108. The van der Waals surface area contributed by atoms with Gasteiger partial charge in [0.05, 0.1) is 19.8 Å². The summed E-state index contributed by atoms with van der Waals surface area (Å²) < 4.78 is 4.75. The minimum Gasteiger partial charge on any atom is -0.466 e. The molecule has 0 amide bonds. The third-order valence-corrected chi connectivity index (χ3v) is 1.57. The van der Waals surface area contributed by atoms with Crippen LogP contribution in [0.2, 0.25) is 0 Å². The molecule has 1 rings (SSSR count). The monoisotopic (exact) mass is 191 g/mol. The summed E-state index contributed by atoms with van der Waals surface area (Å²) in [6.45, 7) is 0.250. The number of esters is 1. The lowest BCUT2D eigenvalue weighted by Gasteiger charge is -2.01. The van der Waals surface area contributed by atoms with Crippen LogP contribution in [0, 0.1) is 0 Å². The first-order chi connectivity index (χ1) is 6.20. The van der Waals surface area contributed by atoms with Crippen molar-refractivity contribution in [2.75, 3.05) is 19.8 Å². The molecule has 1 atom stereocenters. The normalized spacial score (nSPS) is 22.4. The van der Waals surface area contributed by atoms with E-state index >= 15 is 0 Å². The lowest BCUT2D eigenvalue weighted by molar-refractivity contribution is -0.142. The van der Waals surface area contributed by atoms with E-state index < -0.39 is 0 Å². The number of hydrogen-bond donors (Lipinski definition) is 3. The smallest absolute Gasteiger partial charge is 0.305 e. The third kappa shape index (κ3) is 7.70. The Kier molecular flexibility index (Phi) is 7.57. The lowest BCUT2D eigenvalue weighted by atomic mass is 10.1. The molecule has 0 aliphatic carbocycles. The van der Waals surface area contributed by atoms with E-state index in [1.165, 1.54) is 0 Å². The highest BCUT2D eigenvalue weighted by Crippen LogP contribution is 2.05. The highest BCUT2D eigenvalue weighted by Gasteiger charge is 2.12. The van der Waals surface area contributed by atoms with Crippen LogP contribution in [0.4, 0.5) is 0 Å². The number of carbonyl (C=O) groups is 1. The van der Waals surface area contributed by atoms with Gasteiger partial charge < -0.3 is 20.7 Å². The minimum atomic E-state index is -0.125. The van der Waals surface area contributed by atoms with Crippen molar-refractivity contribution in [3.05, 3.63) is 0 Å². The van der Waals surface area contributed by atoms with Gasteiger partial charge in [-0.05, 0) is 12.8 Å².